The molecule has 0 aromatic carbocycles. The molecule has 0 bridgehead atoms. The fourth-order valence-electron chi connectivity index (χ4n) is 2.30. The minimum absolute atomic E-state index is 0.0294. The average Bonchev–Trinajstić information content (AvgIpc) is 3.10. The molecule has 96 valence electrons. The number of nitrogens with zero attached hydrogens (tertiary/aromatic N) is 3. The molecule has 1 aromatic heterocycles. The molecule has 4 nitrogen and oxygen atoms in total. The highest BCUT2D eigenvalue weighted by Crippen LogP contribution is 2.41. The lowest BCUT2D eigenvalue weighted by Crippen LogP contribution is -2.05. The van der Waals surface area contributed by atoms with Crippen LogP contribution in [0, 0.1) is 0 Å². The number of aryl methyl sites for hydroxylation is 1. The molecule has 1 saturated carbocycles. The highest BCUT2D eigenvalue weighted by atomic mass is 16.3. The molecule has 2 rings (SSSR count). The lowest BCUT2D eigenvalue weighted by molar-refractivity contribution is 0.275. The molecule has 1 N–H and O–H groups in total. The van der Waals surface area contributed by atoms with Gasteiger partial charge in [-0.05, 0) is 19.3 Å². The summed E-state index contributed by atoms with van der Waals surface area (Å²) < 4.78 is 2.02. The van der Waals surface area contributed by atoms with Crippen LogP contribution in [0.1, 0.15) is 69.2 Å². The Morgan fingerprint density at radius 3 is 2.65 bits per heavy atom. The molecule has 0 unspecified atom stereocenters. The van der Waals surface area contributed by atoms with E-state index in [1.165, 1.54) is 50.6 Å². The van der Waals surface area contributed by atoms with Gasteiger partial charge in [-0.15, -0.1) is 5.10 Å². The SMILES string of the molecule is CCCCCCCn1nnc(CO)c1C1CC1. The second-order valence-electron chi connectivity index (χ2n) is 4.99. The Morgan fingerprint density at radius 1 is 1.24 bits per heavy atom. The number of rotatable bonds is 8. The fourth-order valence-corrected chi connectivity index (χ4v) is 2.30. The van der Waals surface area contributed by atoms with Gasteiger partial charge >= 0.3 is 0 Å². The largest absolute Gasteiger partial charge is 0.390 e. The first-order chi connectivity index (χ1) is 8.36. The van der Waals surface area contributed by atoms with Gasteiger partial charge in [0, 0.05) is 12.5 Å². The molecule has 0 saturated heterocycles. The van der Waals surface area contributed by atoms with E-state index in [0.29, 0.717) is 5.92 Å². The molecule has 0 spiro atoms. The Bertz CT molecular complexity index is 344. The van der Waals surface area contributed by atoms with Crippen LogP contribution in [0.2, 0.25) is 0 Å². The fraction of sp³-hybridized carbons (Fsp3) is 0.846. The molecule has 1 aliphatic rings. The first-order valence-electron chi connectivity index (χ1n) is 6.90. The van der Waals surface area contributed by atoms with Crippen LogP contribution in [0.15, 0.2) is 0 Å². The van der Waals surface area contributed by atoms with Crippen LogP contribution in [0.25, 0.3) is 0 Å². The number of aliphatic hydroxyl groups is 1. The van der Waals surface area contributed by atoms with E-state index in [1.807, 2.05) is 4.68 Å². The summed E-state index contributed by atoms with van der Waals surface area (Å²) in [7, 11) is 0. The molecular weight excluding hydrogens is 214 g/mol. The Hall–Kier alpha value is -0.900. The monoisotopic (exact) mass is 237 g/mol. The molecule has 0 radical (unpaired) electrons. The van der Waals surface area contributed by atoms with Gasteiger partial charge in [0.25, 0.3) is 0 Å². The van der Waals surface area contributed by atoms with Crippen LogP contribution in [0.3, 0.4) is 0 Å². The summed E-state index contributed by atoms with van der Waals surface area (Å²) in [5.74, 6) is 0.614. The minimum atomic E-state index is 0.0294. The predicted octanol–water partition coefficient (Wildman–Crippen LogP) is 2.62. The van der Waals surface area contributed by atoms with Gasteiger partial charge in [-0.3, -0.25) is 0 Å². The smallest absolute Gasteiger partial charge is 0.112 e. The van der Waals surface area contributed by atoms with Gasteiger partial charge in [0.15, 0.2) is 0 Å². The molecule has 0 aliphatic heterocycles. The van der Waals surface area contributed by atoms with Crippen molar-refractivity contribution >= 4 is 0 Å². The predicted molar refractivity (Wildman–Crippen MR) is 66.7 cm³/mol. The van der Waals surface area contributed by atoms with E-state index < -0.39 is 0 Å². The molecular formula is C13H23N3O. The molecule has 1 fully saturated rings. The van der Waals surface area contributed by atoms with E-state index in [4.69, 9.17) is 0 Å². The zero-order valence-electron chi connectivity index (χ0n) is 10.7. The molecule has 0 amide bonds. The van der Waals surface area contributed by atoms with Crippen molar-refractivity contribution in [3.8, 4) is 0 Å². The van der Waals surface area contributed by atoms with Crippen LogP contribution in [0.4, 0.5) is 0 Å². The highest BCUT2D eigenvalue weighted by Gasteiger charge is 2.30. The van der Waals surface area contributed by atoms with Gasteiger partial charge in [0.1, 0.15) is 5.69 Å². The molecule has 0 atom stereocenters. The van der Waals surface area contributed by atoms with E-state index in [-0.39, 0.29) is 6.61 Å². The Morgan fingerprint density at radius 2 is 2.00 bits per heavy atom. The van der Waals surface area contributed by atoms with Crippen molar-refractivity contribution in [1.29, 1.82) is 0 Å². The number of aromatic nitrogens is 3. The quantitative estimate of drug-likeness (QED) is 0.707. The lowest BCUT2D eigenvalue weighted by atomic mass is 10.1. The molecule has 4 heteroatoms. The van der Waals surface area contributed by atoms with Crippen molar-refractivity contribution in [3.05, 3.63) is 11.4 Å². The summed E-state index contributed by atoms with van der Waals surface area (Å²) in [5.41, 5.74) is 1.99. The third kappa shape index (κ3) is 3.28. The van der Waals surface area contributed by atoms with E-state index in [1.54, 1.807) is 0 Å². The van der Waals surface area contributed by atoms with Crippen molar-refractivity contribution in [2.45, 2.75) is 70.9 Å². The van der Waals surface area contributed by atoms with Gasteiger partial charge in [0.05, 0.1) is 12.3 Å². The molecule has 1 aromatic rings. The molecule has 1 aliphatic carbocycles. The number of aliphatic hydroxyl groups excluding tert-OH is 1. The van der Waals surface area contributed by atoms with Gasteiger partial charge in [0.2, 0.25) is 0 Å². The van der Waals surface area contributed by atoms with E-state index in [2.05, 4.69) is 17.2 Å². The van der Waals surface area contributed by atoms with Crippen LogP contribution < -0.4 is 0 Å². The average molecular weight is 237 g/mol. The Kier molecular flexibility index (Phi) is 4.54. The molecule has 1 heterocycles. The van der Waals surface area contributed by atoms with Gasteiger partial charge in [-0.2, -0.15) is 0 Å². The van der Waals surface area contributed by atoms with Crippen LogP contribution in [0.5, 0.6) is 0 Å². The summed E-state index contributed by atoms with van der Waals surface area (Å²) in [6, 6.07) is 0. The first kappa shape index (κ1) is 12.6. The standard InChI is InChI=1S/C13H23N3O/c1-2-3-4-5-6-9-16-13(11-7-8-11)12(10-17)14-15-16/h11,17H,2-10H2,1H3. The Labute approximate surface area is 103 Å². The normalized spacial score (nSPS) is 15.4. The third-order valence-corrected chi connectivity index (χ3v) is 3.43. The topological polar surface area (TPSA) is 50.9 Å². The van der Waals surface area contributed by atoms with E-state index in [0.717, 1.165) is 12.2 Å². The summed E-state index contributed by atoms with van der Waals surface area (Å²) >= 11 is 0. The van der Waals surface area contributed by atoms with Crippen molar-refractivity contribution in [1.82, 2.24) is 15.0 Å². The second-order valence-corrected chi connectivity index (χ2v) is 4.99. The number of hydrogen-bond acceptors (Lipinski definition) is 3. The van der Waals surface area contributed by atoms with E-state index in [9.17, 15) is 5.11 Å². The van der Waals surface area contributed by atoms with Crippen molar-refractivity contribution in [2.75, 3.05) is 0 Å². The maximum absolute atomic E-state index is 9.23. The summed E-state index contributed by atoms with van der Waals surface area (Å²) in [5, 5.41) is 17.5. The Balaban J connectivity index is 1.85. The van der Waals surface area contributed by atoms with Crippen LogP contribution >= 0.6 is 0 Å². The van der Waals surface area contributed by atoms with Crippen molar-refractivity contribution < 1.29 is 5.11 Å². The van der Waals surface area contributed by atoms with Gasteiger partial charge in [-0.1, -0.05) is 37.8 Å². The minimum Gasteiger partial charge on any atom is -0.390 e. The summed E-state index contributed by atoms with van der Waals surface area (Å²) in [6.07, 6.45) is 8.84. The lowest BCUT2D eigenvalue weighted by Gasteiger charge is -2.06. The maximum atomic E-state index is 9.23. The van der Waals surface area contributed by atoms with Crippen molar-refractivity contribution in [2.24, 2.45) is 0 Å². The van der Waals surface area contributed by atoms with Gasteiger partial charge < -0.3 is 5.11 Å². The summed E-state index contributed by atoms with van der Waals surface area (Å²) in [6.45, 7) is 3.22. The van der Waals surface area contributed by atoms with Gasteiger partial charge in [-0.25, -0.2) is 4.68 Å². The third-order valence-electron chi connectivity index (χ3n) is 3.43. The molecule has 17 heavy (non-hydrogen) atoms. The second kappa shape index (κ2) is 6.15. The number of unbranched alkanes of at least 4 members (excludes halogenated alkanes) is 4. The zero-order valence-corrected chi connectivity index (χ0v) is 10.7. The highest BCUT2D eigenvalue weighted by molar-refractivity contribution is 5.19. The number of hydrogen-bond donors (Lipinski definition) is 1. The maximum Gasteiger partial charge on any atom is 0.112 e. The van der Waals surface area contributed by atoms with Crippen LogP contribution in [-0.2, 0) is 13.2 Å². The van der Waals surface area contributed by atoms with Crippen LogP contribution in [-0.4, -0.2) is 20.1 Å². The summed E-state index contributed by atoms with van der Waals surface area (Å²) in [4.78, 5) is 0. The zero-order chi connectivity index (χ0) is 12.1. The first-order valence-corrected chi connectivity index (χ1v) is 6.90. The van der Waals surface area contributed by atoms with Crippen molar-refractivity contribution in [3.63, 3.8) is 0 Å². The van der Waals surface area contributed by atoms with E-state index >= 15 is 0 Å².